The van der Waals surface area contributed by atoms with E-state index in [1.165, 1.54) is 6.20 Å². The van der Waals surface area contributed by atoms with E-state index in [1.54, 1.807) is 0 Å². The maximum atomic E-state index is 11.7. The fourth-order valence-corrected chi connectivity index (χ4v) is 3.42. The van der Waals surface area contributed by atoms with Crippen LogP contribution < -0.4 is 11.2 Å². The Morgan fingerprint density at radius 1 is 1.35 bits per heavy atom. The van der Waals surface area contributed by atoms with Crippen molar-refractivity contribution in [3.05, 3.63) is 33.1 Å². The molecule has 11 heteroatoms. The quantitative estimate of drug-likeness (QED) is 0.550. The van der Waals surface area contributed by atoms with Gasteiger partial charge in [0.25, 0.3) is 5.56 Å². The van der Waals surface area contributed by atoms with Gasteiger partial charge in [-0.15, -0.1) is 0 Å². The smallest absolute Gasteiger partial charge is 0.394 e. The first-order chi connectivity index (χ1) is 9.41. The van der Waals surface area contributed by atoms with E-state index in [1.807, 2.05) is 4.98 Å². The molecule has 10 nitrogen and oxygen atoms in total. The topological polar surface area (TPSA) is 140 Å². The second-order valence-corrected chi connectivity index (χ2v) is 5.73. The second kappa shape index (κ2) is 4.62. The van der Waals surface area contributed by atoms with Gasteiger partial charge in [0.05, 0.1) is 6.61 Å². The van der Waals surface area contributed by atoms with Gasteiger partial charge in [0.15, 0.2) is 6.23 Å². The van der Waals surface area contributed by atoms with Crippen molar-refractivity contribution in [2.24, 2.45) is 0 Å². The molecule has 3 rings (SSSR count). The van der Waals surface area contributed by atoms with Gasteiger partial charge in [0.1, 0.15) is 18.3 Å². The van der Waals surface area contributed by atoms with Crippen LogP contribution in [-0.2, 0) is 18.3 Å². The van der Waals surface area contributed by atoms with E-state index in [9.17, 15) is 24.2 Å². The summed E-state index contributed by atoms with van der Waals surface area (Å²) in [4.78, 5) is 34.1. The summed E-state index contributed by atoms with van der Waals surface area (Å²) in [7, 11) is -4.23. The maximum Gasteiger partial charge on any atom is 0.473 e. The van der Waals surface area contributed by atoms with Gasteiger partial charge in [-0.1, -0.05) is 0 Å². The Morgan fingerprint density at radius 2 is 2.05 bits per heavy atom. The van der Waals surface area contributed by atoms with Gasteiger partial charge < -0.3 is 14.7 Å². The Bertz CT molecular complexity index is 683. The normalized spacial score (nSPS) is 39.9. The van der Waals surface area contributed by atoms with E-state index in [-0.39, 0.29) is 0 Å². The number of ether oxygens (including phenoxy) is 1. The minimum absolute atomic E-state index is 0.473. The van der Waals surface area contributed by atoms with Crippen molar-refractivity contribution in [2.75, 3.05) is 6.61 Å². The number of aliphatic hydroxyl groups is 1. The summed E-state index contributed by atoms with van der Waals surface area (Å²) in [6, 6.07) is 1.10. The van der Waals surface area contributed by atoms with Gasteiger partial charge >= 0.3 is 13.5 Å². The third-order valence-electron chi connectivity index (χ3n) is 3.10. The van der Waals surface area contributed by atoms with Crippen molar-refractivity contribution in [3.8, 4) is 0 Å². The molecule has 0 saturated carbocycles. The highest BCUT2D eigenvalue weighted by Crippen LogP contribution is 2.58. The maximum absolute atomic E-state index is 11.7. The van der Waals surface area contributed by atoms with Crippen LogP contribution in [0, 0.1) is 0 Å². The molecule has 2 aliphatic heterocycles. The molecule has 0 spiro atoms. The summed E-state index contributed by atoms with van der Waals surface area (Å²) in [6.45, 7) is -0.473. The Hall–Kier alpha value is -1.29. The third kappa shape index (κ3) is 2.16. The molecule has 0 radical (unpaired) electrons. The van der Waals surface area contributed by atoms with Gasteiger partial charge in [-0.3, -0.25) is 23.4 Å². The highest BCUT2D eigenvalue weighted by Gasteiger charge is 2.57. The molecule has 0 amide bonds. The fraction of sp³-hybridized carbons (Fsp3) is 0.556. The molecule has 2 saturated heterocycles. The SMILES string of the molecule is O=c1ccn([C@@H]2O[C@@H](CO)[C@H]3OP(=O)(O)O[C@@H]32)c(=O)[nH]1. The Balaban J connectivity index is 2.00. The van der Waals surface area contributed by atoms with Crippen LogP contribution in [0.15, 0.2) is 21.9 Å². The van der Waals surface area contributed by atoms with E-state index in [0.29, 0.717) is 0 Å². The number of nitrogens with one attached hydrogen (secondary N) is 1. The zero-order valence-electron chi connectivity index (χ0n) is 9.91. The molecule has 0 aromatic carbocycles. The van der Waals surface area contributed by atoms with Crippen LogP contribution in [0.4, 0.5) is 0 Å². The monoisotopic (exact) mass is 306 g/mol. The van der Waals surface area contributed by atoms with Crippen LogP contribution in [0.1, 0.15) is 6.23 Å². The lowest BCUT2D eigenvalue weighted by atomic mass is 10.1. The van der Waals surface area contributed by atoms with Gasteiger partial charge in [-0.2, -0.15) is 0 Å². The van der Waals surface area contributed by atoms with E-state index in [2.05, 4.69) is 0 Å². The summed E-state index contributed by atoms with van der Waals surface area (Å²) < 4.78 is 27.5. The minimum atomic E-state index is -4.23. The fourth-order valence-electron chi connectivity index (χ4n) is 2.28. The number of hydrogen-bond acceptors (Lipinski definition) is 7. The van der Waals surface area contributed by atoms with Crippen molar-refractivity contribution in [2.45, 2.75) is 24.5 Å². The number of hydrogen-bond donors (Lipinski definition) is 3. The lowest BCUT2D eigenvalue weighted by molar-refractivity contribution is -0.0624. The summed E-state index contributed by atoms with van der Waals surface area (Å²) in [6.07, 6.45) is -2.82. The molecular formula is C9H11N2O8P. The second-order valence-electron chi connectivity index (χ2n) is 4.37. The van der Waals surface area contributed by atoms with Crippen molar-refractivity contribution in [3.63, 3.8) is 0 Å². The molecule has 3 N–H and O–H groups in total. The standard InChI is InChI=1S/C9H11N2O8P/c12-3-4-6-7(19-20(15,16)18-6)8(17-4)11-2-1-5(13)10-9(11)14/h1-2,4,6-8,12H,3H2,(H,15,16)(H,10,13,14)/t4-,6+,7-,8+/m0/s1. The summed E-state index contributed by atoms with van der Waals surface area (Å²) in [5, 5.41) is 9.18. The van der Waals surface area contributed by atoms with Crippen LogP contribution in [0.3, 0.4) is 0 Å². The molecule has 20 heavy (non-hydrogen) atoms. The van der Waals surface area contributed by atoms with Crippen molar-refractivity contribution in [1.82, 2.24) is 9.55 Å². The third-order valence-corrected chi connectivity index (χ3v) is 4.12. The zero-order chi connectivity index (χ0) is 14.5. The van der Waals surface area contributed by atoms with Crippen molar-refractivity contribution >= 4 is 7.82 Å². The number of aliphatic hydroxyl groups excluding tert-OH is 1. The molecule has 2 fully saturated rings. The van der Waals surface area contributed by atoms with Gasteiger partial charge in [0, 0.05) is 12.3 Å². The molecule has 1 aromatic heterocycles. The van der Waals surface area contributed by atoms with Crippen molar-refractivity contribution < 1.29 is 28.3 Å². The summed E-state index contributed by atoms with van der Waals surface area (Å²) >= 11 is 0. The number of aromatic nitrogens is 2. The van der Waals surface area contributed by atoms with E-state index in [4.69, 9.17) is 13.8 Å². The van der Waals surface area contributed by atoms with E-state index < -0.39 is 50.2 Å². The number of rotatable bonds is 2. The number of phosphoric acid groups is 1. The molecular weight excluding hydrogens is 295 g/mol. The molecule has 0 aliphatic carbocycles. The number of fused-ring (bicyclic) bond motifs is 1. The average Bonchev–Trinajstić information content (AvgIpc) is 2.83. The highest BCUT2D eigenvalue weighted by molar-refractivity contribution is 7.47. The first-order valence-electron chi connectivity index (χ1n) is 5.69. The Labute approximate surface area is 111 Å². The molecule has 0 bridgehead atoms. The van der Waals surface area contributed by atoms with Crippen LogP contribution in [0.25, 0.3) is 0 Å². The lowest BCUT2D eigenvalue weighted by Gasteiger charge is -2.18. The Morgan fingerprint density at radius 3 is 2.70 bits per heavy atom. The summed E-state index contributed by atoms with van der Waals surface area (Å²) in [5.41, 5.74) is -1.35. The molecule has 5 atom stereocenters. The van der Waals surface area contributed by atoms with Crippen molar-refractivity contribution in [1.29, 1.82) is 0 Å². The van der Waals surface area contributed by atoms with Crippen LogP contribution >= 0.6 is 7.82 Å². The molecule has 1 aromatic rings. The predicted octanol–water partition coefficient (Wildman–Crippen LogP) is -1.69. The van der Waals surface area contributed by atoms with Crippen LogP contribution in [-0.4, -0.2) is 44.5 Å². The minimum Gasteiger partial charge on any atom is -0.394 e. The highest BCUT2D eigenvalue weighted by atomic mass is 31.2. The van der Waals surface area contributed by atoms with E-state index in [0.717, 1.165) is 10.6 Å². The first kappa shape index (κ1) is 13.7. The number of H-pyrrole nitrogens is 1. The van der Waals surface area contributed by atoms with Crippen LogP contribution in [0.5, 0.6) is 0 Å². The molecule has 110 valence electrons. The van der Waals surface area contributed by atoms with Crippen LogP contribution in [0.2, 0.25) is 0 Å². The zero-order valence-corrected chi connectivity index (χ0v) is 10.8. The predicted molar refractivity (Wildman–Crippen MR) is 61.9 cm³/mol. The first-order valence-corrected chi connectivity index (χ1v) is 7.18. The van der Waals surface area contributed by atoms with E-state index >= 15 is 0 Å². The number of nitrogens with zero attached hydrogens (tertiary/aromatic N) is 1. The number of aromatic amines is 1. The Kier molecular flexibility index (Phi) is 3.16. The summed E-state index contributed by atoms with van der Waals surface area (Å²) in [5.74, 6) is 0. The molecule has 1 unspecified atom stereocenters. The largest absolute Gasteiger partial charge is 0.473 e. The van der Waals surface area contributed by atoms with Gasteiger partial charge in [-0.05, 0) is 0 Å². The lowest BCUT2D eigenvalue weighted by Crippen LogP contribution is -2.36. The molecule has 2 aliphatic rings. The molecule has 3 heterocycles. The average molecular weight is 306 g/mol. The van der Waals surface area contributed by atoms with Gasteiger partial charge in [-0.25, -0.2) is 9.36 Å². The van der Waals surface area contributed by atoms with Gasteiger partial charge in [0.2, 0.25) is 0 Å². The number of phosphoric ester groups is 1.